The fourth-order valence-corrected chi connectivity index (χ4v) is 2.70. The number of aromatic nitrogens is 2. The number of amides is 1. The zero-order chi connectivity index (χ0) is 24.4. The zero-order valence-corrected chi connectivity index (χ0v) is 18.0. The molecule has 2 rings (SSSR count). The SMILES string of the molecule is CO/C(=C\C(=O)N(C)C)COc1cc(-n2c(=O)cc(C(F)(F)F)n(C)c2=O)c(F)cc1Cl. The molecule has 0 radical (unpaired) electrons. The summed E-state index contributed by atoms with van der Waals surface area (Å²) in [5.74, 6) is -1.69. The van der Waals surface area contributed by atoms with Crippen molar-refractivity contribution in [3.05, 3.63) is 67.4 Å². The Hall–Kier alpha value is -3.28. The summed E-state index contributed by atoms with van der Waals surface area (Å²) >= 11 is 5.95. The first kappa shape index (κ1) is 25.0. The number of halogens is 5. The van der Waals surface area contributed by atoms with Gasteiger partial charge >= 0.3 is 11.9 Å². The number of methoxy groups -OCH3 is 1. The molecule has 0 bridgehead atoms. The van der Waals surface area contributed by atoms with Crippen LogP contribution in [0.15, 0.2) is 39.6 Å². The average Bonchev–Trinajstić information content (AvgIpc) is 2.69. The third kappa shape index (κ3) is 5.31. The smallest absolute Gasteiger partial charge is 0.431 e. The molecule has 8 nitrogen and oxygen atoms in total. The van der Waals surface area contributed by atoms with Gasteiger partial charge in [-0.25, -0.2) is 13.8 Å². The minimum Gasteiger partial charge on any atom is -0.497 e. The first-order valence-corrected chi connectivity index (χ1v) is 9.14. The van der Waals surface area contributed by atoms with E-state index in [1.165, 1.54) is 26.1 Å². The van der Waals surface area contributed by atoms with Gasteiger partial charge in [0, 0.05) is 39.4 Å². The van der Waals surface area contributed by atoms with Crippen LogP contribution in [-0.2, 0) is 22.8 Å². The second-order valence-corrected chi connectivity index (χ2v) is 7.02. The Morgan fingerprint density at radius 3 is 2.38 bits per heavy atom. The molecule has 0 spiro atoms. The summed E-state index contributed by atoms with van der Waals surface area (Å²) in [5, 5.41) is -0.252. The number of alkyl halides is 3. The molecule has 0 fully saturated rings. The molecule has 0 atom stereocenters. The van der Waals surface area contributed by atoms with Crippen LogP contribution in [0.3, 0.4) is 0 Å². The molecule has 1 heterocycles. The van der Waals surface area contributed by atoms with Crippen molar-refractivity contribution in [1.29, 1.82) is 0 Å². The predicted molar refractivity (Wildman–Crippen MR) is 107 cm³/mol. The number of carbonyl (C=O) groups is 1. The third-order valence-electron chi connectivity index (χ3n) is 4.21. The number of likely N-dealkylation sites (N-methyl/N-ethyl adjacent to an activating group) is 1. The molecular formula is C19H18ClF4N3O5. The zero-order valence-electron chi connectivity index (χ0n) is 17.3. The highest BCUT2D eigenvalue weighted by atomic mass is 35.5. The molecule has 174 valence electrons. The monoisotopic (exact) mass is 479 g/mol. The van der Waals surface area contributed by atoms with Gasteiger partial charge < -0.3 is 14.4 Å². The summed E-state index contributed by atoms with van der Waals surface area (Å²) < 4.78 is 64.4. The Kier molecular flexibility index (Phi) is 7.39. The highest BCUT2D eigenvalue weighted by Gasteiger charge is 2.35. The Labute approximate surface area is 183 Å². The second-order valence-electron chi connectivity index (χ2n) is 6.61. The number of hydrogen-bond donors (Lipinski definition) is 0. The minimum atomic E-state index is -4.97. The van der Waals surface area contributed by atoms with Crippen LogP contribution in [0.2, 0.25) is 5.02 Å². The Bertz CT molecular complexity index is 1190. The van der Waals surface area contributed by atoms with Gasteiger partial charge in [0.2, 0.25) is 5.91 Å². The topological polar surface area (TPSA) is 82.8 Å². The predicted octanol–water partition coefficient (Wildman–Crippen LogP) is 2.34. The molecule has 0 aliphatic carbocycles. The number of carbonyl (C=O) groups excluding carboxylic acids is 1. The maximum atomic E-state index is 14.5. The van der Waals surface area contributed by atoms with Crippen molar-refractivity contribution in [3.63, 3.8) is 0 Å². The molecule has 32 heavy (non-hydrogen) atoms. The molecular weight excluding hydrogens is 462 g/mol. The van der Waals surface area contributed by atoms with Gasteiger partial charge in [-0.1, -0.05) is 11.6 Å². The molecule has 0 aliphatic rings. The van der Waals surface area contributed by atoms with E-state index in [0.29, 0.717) is 0 Å². The third-order valence-corrected chi connectivity index (χ3v) is 4.51. The number of benzene rings is 1. The van der Waals surface area contributed by atoms with Gasteiger partial charge in [-0.2, -0.15) is 13.2 Å². The lowest BCUT2D eigenvalue weighted by Crippen LogP contribution is -2.41. The lowest BCUT2D eigenvalue weighted by Gasteiger charge is -2.16. The summed E-state index contributed by atoms with van der Waals surface area (Å²) in [6.45, 7) is -0.333. The van der Waals surface area contributed by atoms with Crippen molar-refractivity contribution in [2.45, 2.75) is 6.18 Å². The lowest BCUT2D eigenvalue weighted by atomic mass is 10.2. The highest BCUT2D eigenvalue weighted by molar-refractivity contribution is 6.32. The van der Waals surface area contributed by atoms with E-state index in [0.717, 1.165) is 25.3 Å². The van der Waals surface area contributed by atoms with E-state index in [1.54, 1.807) is 0 Å². The molecule has 0 N–H and O–H groups in total. The molecule has 2 aromatic rings. The van der Waals surface area contributed by atoms with E-state index >= 15 is 0 Å². The van der Waals surface area contributed by atoms with Crippen LogP contribution in [0.5, 0.6) is 5.75 Å². The van der Waals surface area contributed by atoms with Gasteiger partial charge in [-0.15, -0.1) is 0 Å². The summed E-state index contributed by atoms with van der Waals surface area (Å²) in [5.41, 5.74) is -4.99. The van der Waals surface area contributed by atoms with Crippen molar-refractivity contribution >= 4 is 17.5 Å². The van der Waals surface area contributed by atoms with E-state index in [4.69, 9.17) is 21.1 Å². The fourth-order valence-electron chi connectivity index (χ4n) is 2.49. The molecule has 0 saturated heterocycles. The number of hydrogen-bond acceptors (Lipinski definition) is 5. The second kappa shape index (κ2) is 9.47. The molecule has 1 aromatic carbocycles. The van der Waals surface area contributed by atoms with E-state index in [9.17, 15) is 31.9 Å². The van der Waals surface area contributed by atoms with Crippen molar-refractivity contribution in [1.82, 2.24) is 14.0 Å². The van der Waals surface area contributed by atoms with Crippen molar-refractivity contribution in [2.24, 2.45) is 7.05 Å². The van der Waals surface area contributed by atoms with Crippen LogP contribution in [0.25, 0.3) is 5.69 Å². The van der Waals surface area contributed by atoms with Crippen molar-refractivity contribution in [2.75, 3.05) is 27.8 Å². The molecule has 1 aromatic heterocycles. The first-order valence-electron chi connectivity index (χ1n) is 8.76. The Morgan fingerprint density at radius 2 is 1.84 bits per heavy atom. The number of rotatable bonds is 6. The quantitative estimate of drug-likeness (QED) is 0.361. The molecule has 1 amide bonds. The van der Waals surface area contributed by atoms with E-state index in [1.807, 2.05) is 0 Å². The van der Waals surface area contributed by atoms with Gasteiger partial charge in [-0.05, 0) is 6.07 Å². The summed E-state index contributed by atoms with van der Waals surface area (Å²) in [4.78, 5) is 37.7. The van der Waals surface area contributed by atoms with Gasteiger partial charge in [0.15, 0.2) is 0 Å². The Morgan fingerprint density at radius 1 is 1.22 bits per heavy atom. The summed E-state index contributed by atoms with van der Waals surface area (Å²) in [6.07, 6.45) is -3.83. The highest BCUT2D eigenvalue weighted by Crippen LogP contribution is 2.30. The molecule has 13 heteroatoms. The lowest BCUT2D eigenvalue weighted by molar-refractivity contribution is -0.144. The van der Waals surface area contributed by atoms with Crippen LogP contribution in [-0.4, -0.2) is 47.8 Å². The minimum absolute atomic E-state index is 0.0771. The van der Waals surface area contributed by atoms with Crippen LogP contribution in [0.1, 0.15) is 5.69 Å². The van der Waals surface area contributed by atoms with Crippen LogP contribution in [0, 0.1) is 5.82 Å². The van der Waals surface area contributed by atoms with Gasteiger partial charge in [0.25, 0.3) is 5.56 Å². The average molecular weight is 480 g/mol. The van der Waals surface area contributed by atoms with Gasteiger partial charge in [-0.3, -0.25) is 14.2 Å². The van der Waals surface area contributed by atoms with Crippen LogP contribution >= 0.6 is 11.6 Å². The number of nitrogens with zero attached hydrogens (tertiary/aromatic N) is 3. The molecule has 0 unspecified atom stereocenters. The van der Waals surface area contributed by atoms with E-state index in [-0.39, 0.29) is 38.3 Å². The normalized spacial score (nSPS) is 12.0. The van der Waals surface area contributed by atoms with Crippen LogP contribution in [0.4, 0.5) is 17.6 Å². The van der Waals surface area contributed by atoms with Gasteiger partial charge in [0.05, 0.1) is 17.8 Å². The van der Waals surface area contributed by atoms with Crippen LogP contribution < -0.4 is 16.0 Å². The summed E-state index contributed by atoms with van der Waals surface area (Å²) in [6, 6.07) is 1.79. The van der Waals surface area contributed by atoms with Crippen molar-refractivity contribution < 1.29 is 31.8 Å². The largest absolute Gasteiger partial charge is 0.497 e. The number of ether oxygens (including phenoxy) is 2. The first-order chi connectivity index (χ1) is 14.8. The summed E-state index contributed by atoms with van der Waals surface area (Å²) in [7, 11) is 5.10. The van der Waals surface area contributed by atoms with Gasteiger partial charge in [0.1, 0.15) is 29.6 Å². The van der Waals surface area contributed by atoms with E-state index in [2.05, 4.69) is 0 Å². The van der Waals surface area contributed by atoms with E-state index < -0.39 is 40.5 Å². The molecule has 0 saturated carbocycles. The Balaban J connectivity index is 2.53. The standard InChI is InChI=1S/C19H18ClF4N3O5/c1-25(2)16(28)5-10(31-4)9-32-14-7-13(12(21)6-11(14)20)27-17(29)8-15(19(22,23)24)26(3)18(27)30/h5-8H,9H2,1-4H3/b10-5-. The fraction of sp³-hybridized carbons (Fsp3) is 0.316. The van der Waals surface area contributed by atoms with Crippen molar-refractivity contribution in [3.8, 4) is 11.4 Å². The molecule has 0 aliphatic heterocycles. The maximum Gasteiger partial charge on any atom is 0.431 e. The maximum absolute atomic E-state index is 14.5.